The van der Waals surface area contributed by atoms with Gasteiger partial charge in [0.05, 0.1) is 25.9 Å². The van der Waals surface area contributed by atoms with E-state index in [1.807, 2.05) is 31.3 Å². The Morgan fingerprint density at radius 3 is 1.55 bits per heavy atom. The molecule has 7 nitrogen and oxygen atoms in total. The monoisotopic (exact) mass is 457 g/mol. The molecule has 0 bridgehead atoms. The van der Waals surface area contributed by atoms with Gasteiger partial charge in [0, 0.05) is 17.7 Å². The van der Waals surface area contributed by atoms with Crippen molar-refractivity contribution in [3.8, 4) is 0 Å². The van der Waals surface area contributed by atoms with Crippen LogP contribution in [-0.2, 0) is 4.74 Å². The highest BCUT2D eigenvalue weighted by molar-refractivity contribution is 6.02. The Morgan fingerprint density at radius 2 is 1.21 bits per heavy atom. The highest BCUT2D eigenvalue weighted by Gasteiger charge is 2.27. The number of Topliss-reactive ketones (excluding diaryl/α,β-unsaturated/α-hetero) is 2. The maximum Gasteiger partial charge on any atom is 0.193 e. The molecule has 7 heteroatoms. The van der Waals surface area contributed by atoms with Crippen LogP contribution in [0.1, 0.15) is 65.6 Å². The van der Waals surface area contributed by atoms with E-state index >= 15 is 0 Å². The van der Waals surface area contributed by atoms with Crippen molar-refractivity contribution < 1.29 is 29.6 Å². The normalized spacial score (nSPS) is 12.4. The van der Waals surface area contributed by atoms with Gasteiger partial charge in [-0.1, -0.05) is 48.5 Å². The molecule has 0 amide bonds. The molecule has 0 spiro atoms. The maximum atomic E-state index is 12.4. The van der Waals surface area contributed by atoms with Crippen LogP contribution in [-0.4, -0.2) is 76.4 Å². The molecule has 0 fully saturated rings. The number of aliphatic hydroxyl groups excluding tert-OH is 1. The Labute approximate surface area is 195 Å². The van der Waals surface area contributed by atoms with Crippen molar-refractivity contribution in [1.82, 2.24) is 4.90 Å². The molecule has 0 aliphatic carbocycles. The molecule has 180 valence electrons. The van der Waals surface area contributed by atoms with E-state index in [4.69, 9.17) is 9.84 Å². The van der Waals surface area contributed by atoms with Gasteiger partial charge in [-0.05, 0) is 45.9 Å². The Balaban J connectivity index is 2.36. The molecule has 2 rings (SSSR count). The van der Waals surface area contributed by atoms with Crippen LogP contribution in [0.4, 0.5) is 0 Å². The van der Waals surface area contributed by atoms with E-state index < -0.39 is 11.2 Å². The molecule has 0 atom stereocenters. The lowest BCUT2D eigenvalue weighted by Crippen LogP contribution is -2.32. The van der Waals surface area contributed by atoms with E-state index in [0.717, 1.165) is 11.1 Å². The summed E-state index contributed by atoms with van der Waals surface area (Å²) in [6.07, 6.45) is 0. The summed E-state index contributed by atoms with van der Waals surface area (Å²) >= 11 is 0. The molecule has 2 aromatic carbocycles. The number of aliphatic hydroxyl groups is 3. The van der Waals surface area contributed by atoms with E-state index in [9.17, 15) is 19.8 Å². The average molecular weight is 458 g/mol. The van der Waals surface area contributed by atoms with Gasteiger partial charge in [-0.3, -0.25) is 14.5 Å². The van der Waals surface area contributed by atoms with Gasteiger partial charge in [-0.15, -0.1) is 0 Å². The fourth-order valence-electron chi connectivity index (χ4n) is 3.55. The van der Waals surface area contributed by atoms with Crippen molar-refractivity contribution in [3.05, 3.63) is 70.8 Å². The summed E-state index contributed by atoms with van der Waals surface area (Å²) in [6, 6.07) is 14.0. The first-order valence-corrected chi connectivity index (χ1v) is 11.0. The second-order valence-corrected chi connectivity index (χ2v) is 9.24. The molecule has 33 heavy (non-hydrogen) atoms. The van der Waals surface area contributed by atoms with E-state index in [-0.39, 0.29) is 30.8 Å². The molecular formula is C26H35NO6. The molecule has 0 aliphatic rings. The Kier molecular flexibility index (Phi) is 9.05. The van der Waals surface area contributed by atoms with E-state index in [2.05, 4.69) is 4.90 Å². The van der Waals surface area contributed by atoms with Crippen molar-refractivity contribution in [1.29, 1.82) is 0 Å². The van der Waals surface area contributed by atoms with Gasteiger partial charge in [-0.25, -0.2) is 0 Å². The van der Waals surface area contributed by atoms with E-state index in [1.165, 1.54) is 27.7 Å². The topological polar surface area (TPSA) is 107 Å². The quantitative estimate of drug-likeness (QED) is 0.332. The smallest absolute Gasteiger partial charge is 0.193 e. The van der Waals surface area contributed by atoms with Gasteiger partial charge >= 0.3 is 0 Å². The highest BCUT2D eigenvalue weighted by Crippen LogP contribution is 2.29. The largest absolute Gasteiger partial charge is 0.394 e. The minimum atomic E-state index is -1.45. The molecule has 0 saturated heterocycles. The van der Waals surface area contributed by atoms with Gasteiger partial charge in [0.2, 0.25) is 0 Å². The van der Waals surface area contributed by atoms with Crippen LogP contribution in [0.3, 0.4) is 0 Å². The van der Waals surface area contributed by atoms with Crippen molar-refractivity contribution in [2.24, 2.45) is 0 Å². The SMILES string of the molecule is CN(CCOCCO)C(c1ccc(C(=O)C(C)(C)O)cc1)c1ccc(C(=O)C(C)(C)O)cc1. The number of carbonyl (C=O) groups excluding carboxylic acids is 2. The lowest BCUT2D eigenvalue weighted by atomic mass is 9.91. The Hall–Kier alpha value is -2.42. The molecule has 3 N–H and O–H groups in total. The molecule has 2 aromatic rings. The average Bonchev–Trinajstić information content (AvgIpc) is 2.75. The molecule has 0 saturated carbocycles. The van der Waals surface area contributed by atoms with Crippen LogP contribution in [0.2, 0.25) is 0 Å². The third kappa shape index (κ3) is 7.28. The summed E-state index contributed by atoms with van der Waals surface area (Å²) in [5.74, 6) is -0.711. The number of rotatable bonds is 12. The summed E-state index contributed by atoms with van der Waals surface area (Å²) in [5, 5.41) is 29.0. The first-order chi connectivity index (χ1) is 15.4. The number of carbonyl (C=O) groups is 2. The third-order valence-electron chi connectivity index (χ3n) is 5.35. The van der Waals surface area contributed by atoms with Crippen LogP contribution >= 0.6 is 0 Å². The molecular weight excluding hydrogens is 422 g/mol. The summed E-state index contributed by atoms with van der Waals surface area (Å²) in [5.41, 5.74) is -0.216. The number of ether oxygens (including phenoxy) is 1. The number of likely N-dealkylation sites (N-methyl/N-ethyl adjacent to an activating group) is 1. The van der Waals surface area contributed by atoms with Gasteiger partial charge in [0.1, 0.15) is 11.2 Å². The Morgan fingerprint density at radius 1 is 0.818 bits per heavy atom. The molecule has 0 aromatic heterocycles. The van der Waals surface area contributed by atoms with Crippen LogP contribution in [0.25, 0.3) is 0 Å². The first-order valence-electron chi connectivity index (χ1n) is 11.0. The van der Waals surface area contributed by atoms with E-state index in [1.54, 1.807) is 24.3 Å². The Bertz CT molecular complexity index is 854. The summed E-state index contributed by atoms with van der Waals surface area (Å²) in [6.45, 7) is 7.08. The molecule has 0 radical (unpaired) electrons. The zero-order chi connectivity index (χ0) is 24.8. The number of ketones is 2. The highest BCUT2D eigenvalue weighted by atomic mass is 16.5. The van der Waals surface area contributed by atoms with Crippen LogP contribution in [0, 0.1) is 0 Å². The van der Waals surface area contributed by atoms with Crippen LogP contribution < -0.4 is 0 Å². The van der Waals surface area contributed by atoms with Crippen LogP contribution in [0.15, 0.2) is 48.5 Å². The first kappa shape index (κ1) is 26.8. The van der Waals surface area contributed by atoms with Crippen LogP contribution in [0.5, 0.6) is 0 Å². The molecule has 0 aliphatic heterocycles. The minimum absolute atomic E-state index is 0.0411. The lowest BCUT2D eigenvalue weighted by Gasteiger charge is -2.29. The van der Waals surface area contributed by atoms with Gasteiger partial charge < -0.3 is 20.1 Å². The number of hydrogen-bond acceptors (Lipinski definition) is 7. The van der Waals surface area contributed by atoms with E-state index in [0.29, 0.717) is 24.3 Å². The zero-order valence-electron chi connectivity index (χ0n) is 20.0. The lowest BCUT2D eigenvalue weighted by molar-refractivity contribution is 0.0487. The summed E-state index contributed by atoms with van der Waals surface area (Å²) < 4.78 is 5.41. The van der Waals surface area contributed by atoms with Gasteiger partial charge in [0.15, 0.2) is 11.6 Å². The standard InChI is InChI=1S/C26H35NO6/c1-25(2,31)23(29)20-10-6-18(7-11-20)22(27(5)14-16-33-17-15-28)19-8-12-21(13-9-19)24(30)26(3,4)32/h6-13,22,28,31-32H,14-17H2,1-5H3. The van der Waals surface area contributed by atoms with Gasteiger partial charge in [-0.2, -0.15) is 0 Å². The summed E-state index contributed by atoms with van der Waals surface area (Å²) in [7, 11) is 1.94. The maximum absolute atomic E-state index is 12.4. The fourth-order valence-corrected chi connectivity index (χ4v) is 3.55. The van der Waals surface area contributed by atoms with Crippen molar-refractivity contribution in [2.45, 2.75) is 44.9 Å². The van der Waals surface area contributed by atoms with Crippen molar-refractivity contribution in [3.63, 3.8) is 0 Å². The fraction of sp³-hybridized carbons (Fsp3) is 0.462. The van der Waals surface area contributed by atoms with Crippen molar-refractivity contribution in [2.75, 3.05) is 33.4 Å². The second-order valence-electron chi connectivity index (χ2n) is 9.24. The number of nitrogens with zero attached hydrogens (tertiary/aromatic N) is 1. The van der Waals surface area contributed by atoms with Gasteiger partial charge in [0.25, 0.3) is 0 Å². The second kappa shape index (κ2) is 11.1. The summed E-state index contributed by atoms with van der Waals surface area (Å²) in [4.78, 5) is 26.9. The molecule has 0 heterocycles. The van der Waals surface area contributed by atoms with Crippen molar-refractivity contribution >= 4 is 11.6 Å². The predicted octanol–water partition coefficient (Wildman–Crippen LogP) is 2.62. The number of benzene rings is 2. The predicted molar refractivity (Wildman–Crippen MR) is 127 cm³/mol. The zero-order valence-corrected chi connectivity index (χ0v) is 20.0. The minimum Gasteiger partial charge on any atom is -0.394 e. The third-order valence-corrected chi connectivity index (χ3v) is 5.35. The molecule has 0 unspecified atom stereocenters. The number of hydrogen-bond donors (Lipinski definition) is 3.